The van der Waals surface area contributed by atoms with Crippen LogP contribution in [0.1, 0.15) is 15.9 Å². The molecule has 1 rings (SSSR count). The van der Waals surface area contributed by atoms with Crippen LogP contribution in [-0.2, 0) is 11.3 Å². The summed E-state index contributed by atoms with van der Waals surface area (Å²) in [7, 11) is 0. The number of nitro benzene ring substituents is 1. The second-order valence-corrected chi connectivity index (χ2v) is 2.96. The number of non-ortho nitro benzene ring substituents is 1. The van der Waals surface area contributed by atoms with Crippen LogP contribution < -0.4 is 0 Å². The lowest BCUT2D eigenvalue weighted by molar-refractivity contribution is -0.384. The van der Waals surface area contributed by atoms with E-state index in [1.54, 1.807) is 0 Å². The molecule has 0 aliphatic rings. The minimum Gasteiger partial charge on any atom is -0.364 e. The topological polar surface area (TPSA) is 69.4 Å². The van der Waals surface area contributed by atoms with Gasteiger partial charge in [-0.15, -0.1) is 6.42 Å². The molecule has 0 aliphatic carbocycles. The van der Waals surface area contributed by atoms with Crippen LogP contribution in [-0.4, -0.2) is 17.8 Å². The van der Waals surface area contributed by atoms with Crippen LogP contribution in [0.25, 0.3) is 0 Å². The number of terminal acetylenes is 1. The van der Waals surface area contributed by atoms with E-state index in [-0.39, 0.29) is 18.9 Å². The van der Waals surface area contributed by atoms with Gasteiger partial charge in [0.15, 0.2) is 0 Å². The standard InChI is InChI=1S/C11H9NO4/c1-2-5-16-8-10-6-11(12(14)15)4-3-9(10)7-13/h1,3-4,6-7H,5,8H2. The van der Waals surface area contributed by atoms with E-state index in [2.05, 4.69) is 5.92 Å². The number of nitrogens with zero attached hydrogens (tertiary/aromatic N) is 1. The van der Waals surface area contributed by atoms with E-state index in [0.29, 0.717) is 17.4 Å². The smallest absolute Gasteiger partial charge is 0.269 e. The van der Waals surface area contributed by atoms with Gasteiger partial charge in [0.1, 0.15) is 12.9 Å². The zero-order chi connectivity index (χ0) is 12.0. The molecule has 0 saturated carbocycles. The monoisotopic (exact) mass is 219 g/mol. The van der Waals surface area contributed by atoms with Crippen LogP contribution in [0, 0.1) is 22.5 Å². The lowest BCUT2D eigenvalue weighted by Crippen LogP contribution is -1.99. The molecule has 0 saturated heterocycles. The van der Waals surface area contributed by atoms with Gasteiger partial charge in [-0.1, -0.05) is 5.92 Å². The Kier molecular flexibility index (Phi) is 4.18. The van der Waals surface area contributed by atoms with Crippen molar-refractivity contribution in [2.75, 3.05) is 6.61 Å². The second-order valence-electron chi connectivity index (χ2n) is 2.96. The van der Waals surface area contributed by atoms with Crippen LogP contribution in [0.3, 0.4) is 0 Å². The fourth-order valence-electron chi connectivity index (χ4n) is 1.17. The minimum atomic E-state index is -0.529. The number of ether oxygens (including phenoxy) is 1. The molecule has 82 valence electrons. The number of hydrogen-bond acceptors (Lipinski definition) is 4. The lowest BCUT2D eigenvalue weighted by Gasteiger charge is -2.04. The highest BCUT2D eigenvalue weighted by molar-refractivity contribution is 5.77. The van der Waals surface area contributed by atoms with Crippen molar-refractivity contribution in [1.29, 1.82) is 0 Å². The normalized spacial score (nSPS) is 9.44. The summed E-state index contributed by atoms with van der Waals surface area (Å²) < 4.78 is 5.03. The van der Waals surface area contributed by atoms with E-state index < -0.39 is 4.92 Å². The van der Waals surface area contributed by atoms with Gasteiger partial charge in [0.2, 0.25) is 0 Å². The van der Waals surface area contributed by atoms with Crippen LogP contribution in [0.2, 0.25) is 0 Å². The van der Waals surface area contributed by atoms with Gasteiger partial charge >= 0.3 is 0 Å². The van der Waals surface area contributed by atoms with Crippen LogP contribution in [0.4, 0.5) is 5.69 Å². The van der Waals surface area contributed by atoms with Crippen molar-refractivity contribution in [1.82, 2.24) is 0 Å². The highest BCUT2D eigenvalue weighted by Crippen LogP contribution is 2.17. The third-order valence-corrected chi connectivity index (χ3v) is 1.91. The summed E-state index contributed by atoms with van der Waals surface area (Å²) in [6.07, 6.45) is 5.61. The molecule has 0 N–H and O–H groups in total. The molecule has 16 heavy (non-hydrogen) atoms. The van der Waals surface area contributed by atoms with Crippen LogP contribution in [0.15, 0.2) is 18.2 Å². The maximum Gasteiger partial charge on any atom is 0.269 e. The summed E-state index contributed by atoms with van der Waals surface area (Å²) in [5, 5.41) is 10.5. The van der Waals surface area contributed by atoms with Gasteiger partial charge in [-0.2, -0.15) is 0 Å². The number of nitro groups is 1. The maximum absolute atomic E-state index is 10.7. The molecule has 0 heterocycles. The second kappa shape index (κ2) is 5.63. The van der Waals surface area contributed by atoms with E-state index in [1.165, 1.54) is 18.2 Å². The van der Waals surface area contributed by atoms with Crippen molar-refractivity contribution in [3.05, 3.63) is 39.4 Å². The summed E-state index contributed by atoms with van der Waals surface area (Å²) >= 11 is 0. The molecular weight excluding hydrogens is 210 g/mol. The van der Waals surface area contributed by atoms with E-state index in [1.807, 2.05) is 0 Å². The van der Waals surface area contributed by atoms with Crippen LogP contribution in [0.5, 0.6) is 0 Å². The van der Waals surface area contributed by atoms with Gasteiger partial charge < -0.3 is 4.74 Å². The molecule has 0 radical (unpaired) electrons. The molecule has 0 spiro atoms. The molecule has 0 fully saturated rings. The van der Waals surface area contributed by atoms with Gasteiger partial charge in [-0.25, -0.2) is 0 Å². The molecule has 0 aromatic heterocycles. The zero-order valence-corrected chi connectivity index (χ0v) is 8.38. The highest BCUT2D eigenvalue weighted by atomic mass is 16.6. The van der Waals surface area contributed by atoms with E-state index >= 15 is 0 Å². The first-order valence-electron chi connectivity index (χ1n) is 4.42. The molecule has 5 nitrogen and oxygen atoms in total. The Morgan fingerprint density at radius 1 is 1.56 bits per heavy atom. The number of benzene rings is 1. The van der Waals surface area contributed by atoms with Crippen molar-refractivity contribution in [2.45, 2.75) is 6.61 Å². The largest absolute Gasteiger partial charge is 0.364 e. The van der Waals surface area contributed by atoms with Crippen LogP contribution >= 0.6 is 0 Å². The molecular formula is C11H9NO4. The molecule has 1 aromatic carbocycles. The van der Waals surface area contributed by atoms with Gasteiger partial charge in [0.05, 0.1) is 11.5 Å². The predicted octanol–water partition coefficient (Wildman–Crippen LogP) is 1.56. The van der Waals surface area contributed by atoms with E-state index in [4.69, 9.17) is 11.2 Å². The molecule has 5 heteroatoms. The fraction of sp³-hybridized carbons (Fsp3) is 0.182. The lowest BCUT2D eigenvalue weighted by atomic mass is 10.1. The predicted molar refractivity (Wildman–Crippen MR) is 57.0 cm³/mol. The highest BCUT2D eigenvalue weighted by Gasteiger charge is 2.10. The summed E-state index contributed by atoms with van der Waals surface area (Å²) in [4.78, 5) is 20.7. The number of hydrogen-bond donors (Lipinski definition) is 0. The first-order chi connectivity index (χ1) is 7.69. The maximum atomic E-state index is 10.7. The third-order valence-electron chi connectivity index (χ3n) is 1.91. The SMILES string of the molecule is C#CCOCc1cc([N+](=O)[O-])ccc1C=O. The Hall–Kier alpha value is -2.19. The summed E-state index contributed by atoms with van der Waals surface area (Å²) in [6.45, 7) is 0.181. The number of carbonyl (C=O) groups is 1. The Balaban J connectivity index is 2.94. The van der Waals surface area contributed by atoms with Gasteiger partial charge in [-0.05, 0) is 11.6 Å². The van der Waals surface area contributed by atoms with Crippen molar-refractivity contribution in [2.24, 2.45) is 0 Å². The minimum absolute atomic E-state index is 0.0788. The first kappa shape index (κ1) is 11.9. The van der Waals surface area contributed by atoms with Gasteiger partial charge in [-0.3, -0.25) is 14.9 Å². The van der Waals surface area contributed by atoms with Gasteiger partial charge in [0.25, 0.3) is 5.69 Å². The Morgan fingerprint density at radius 3 is 2.88 bits per heavy atom. The Labute approximate surface area is 92.2 Å². The molecule has 0 bridgehead atoms. The quantitative estimate of drug-likeness (QED) is 0.248. The molecule has 1 aromatic rings. The summed E-state index contributed by atoms with van der Waals surface area (Å²) in [5.74, 6) is 2.27. The summed E-state index contributed by atoms with van der Waals surface area (Å²) in [6, 6.07) is 3.97. The number of rotatable bonds is 5. The van der Waals surface area contributed by atoms with Crippen molar-refractivity contribution in [3.8, 4) is 12.3 Å². The first-order valence-corrected chi connectivity index (χ1v) is 4.42. The fourth-order valence-corrected chi connectivity index (χ4v) is 1.17. The molecule has 0 amide bonds. The van der Waals surface area contributed by atoms with E-state index in [0.717, 1.165) is 0 Å². The zero-order valence-electron chi connectivity index (χ0n) is 8.38. The number of aldehydes is 1. The van der Waals surface area contributed by atoms with Gasteiger partial charge in [0, 0.05) is 17.7 Å². The Bertz CT molecular complexity index is 448. The third kappa shape index (κ3) is 2.90. The Morgan fingerprint density at radius 2 is 2.31 bits per heavy atom. The van der Waals surface area contributed by atoms with E-state index in [9.17, 15) is 14.9 Å². The average Bonchev–Trinajstić information content (AvgIpc) is 2.29. The van der Waals surface area contributed by atoms with Crippen molar-refractivity contribution in [3.63, 3.8) is 0 Å². The van der Waals surface area contributed by atoms with Crippen molar-refractivity contribution >= 4 is 12.0 Å². The molecule has 0 aliphatic heterocycles. The molecule has 0 unspecified atom stereocenters. The average molecular weight is 219 g/mol. The molecule has 0 atom stereocenters. The summed E-state index contributed by atoms with van der Waals surface area (Å²) in [5.41, 5.74) is 0.743. The van der Waals surface area contributed by atoms with Crippen molar-refractivity contribution < 1.29 is 14.5 Å². The number of carbonyl (C=O) groups excluding carboxylic acids is 1.